The molecule has 5 N–H and O–H groups in total. The van der Waals surface area contributed by atoms with Gasteiger partial charge in [-0.1, -0.05) is 49.9 Å². The molecule has 2 unspecified atom stereocenters. The topological polar surface area (TPSA) is 112 Å². The van der Waals surface area contributed by atoms with Crippen LogP contribution in [0.3, 0.4) is 0 Å². The maximum atomic E-state index is 13.3. The monoisotopic (exact) mass is 532 g/mol. The lowest BCUT2D eigenvalue weighted by molar-refractivity contribution is -0.0361. The van der Waals surface area contributed by atoms with Crippen LogP contribution in [-0.2, 0) is 11.2 Å². The first kappa shape index (κ1) is 27.8. The van der Waals surface area contributed by atoms with E-state index in [0.717, 1.165) is 76.8 Å². The second kappa shape index (κ2) is 12.6. The van der Waals surface area contributed by atoms with Crippen LogP contribution in [0.25, 0.3) is 0 Å². The number of carbonyl (C=O) groups is 1. The number of nitrogens with zero attached hydrogens (tertiary/aromatic N) is 1. The summed E-state index contributed by atoms with van der Waals surface area (Å²) >= 11 is 0. The summed E-state index contributed by atoms with van der Waals surface area (Å²) in [6.07, 6.45) is 10.7. The van der Waals surface area contributed by atoms with Crippen molar-refractivity contribution in [1.82, 2.24) is 10.2 Å². The number of nitrogen functional groups attached to an aromatic ring is 1. The van der Waals surface area contributed by atoms with Gasteiger partial charge < -0.3 is 20.9 Å². The molecular weight excluding hydrogens is 488 g/mol. The third-order valence-electron chi connectivity index (χ3n) is 9.15. The Morgan fingerprint density at radius 1 is 1.03 bits per heavy atom. The van der Waals surface area contributed by atoms with Gasteiger partial charge in [-0.3, -0.25) is 15.1 Å². The smallest absolute Gasteiger partial charge is 0.251 e. The summed E-state index contributed by atoms with van der Waals surface area (Å²) in [4.78, 5) is 15.8. The number of hydrogen-bond donors (Lipinski definition) is 4. The molecule has 1 heterocycles. The number of nitrogens with two attached hydrogens (primary N) is 1. The number of nitrogens with one attached hydrogen (secondary N) is 2. The number of aliphatic hydroxyl groups is 1. The Balaban J connectivity index is 1.25. The SMILES string of the molecule is N=C(c1ccc(CC2CCCC(O)C2)cc1)c1cc(C(=O)NCC2(N3CCOCC3)CCCCC2)ccc1N. The molecule has 7 nitrogen and oxygen atoms in total. The summed E-state index contributed by atoms with van der Waals surface area (Å²) in [5.74, 6) is 0.396. The van der Waals surface area contributed by atoms with Crippen LogP contribution < -0.4 is 11.1 Å². The van der Waals surface area contributed by atoms with Crippen LogP contribution in [0.2, 0.25) is 0 Å². The van der Waals surface area contributed by atoms with Gasteiger partial charge in [0.1, 0.15) is 0 Å². The molecule has 1 amide bonds. The molecule has 2 atom stereocenters. The van der Waals surface area contributed by atoms with Crippen molar-refractivity contribution in [2.24, 2.45) is 5.92 Å². The van der Waals surface area contributed by atoms with Crippen molar-refractivity contribution in [1.29, 1.82) is 5.41 Å². The van der Waals surface area contributed by atoms with Gasteiger partial charge in [0, 0.05) is 47.6 Å². The maximum absolute atomic E-state index is 13.3. The maximum Gasteiger partial charge on any atom is 0.251 e. The van der Waals surface area contributed by atoms with Crippen LogP contribution in [0.5, 0.6) is 0 Å². The number of anilines is 1. The third kappa shape index (κ3) is 6.71. The zero-order chi connectivity index (χ0) is 27.2. The fourth-order valence-corrected chi connectivity index (χ4v) is 6.86. The van der Waals surface area contributed by atoms with Crippen molar-refractivity contribution >= 4 is 17.3 Å². The Morgan fingerprint density at radius 2 is 1.74 bits per heavy atom. The zero-order valence-electron chi connectivity index (χ0n) is 23.1. The zero-order valence-corrected chi connectivity index (χ0v) is 23.1. The number of benzene rings is 2. The fraction of sp³-hybridized carbons (Fsp3) is 0.562. The highest BCUT2D eigenvalue weighted by atomic mass is 16.5. The van der Waals surface area contributed by atoms with Gasteiger partial charge in [-0.25, -0.2) is 0 Å². The minimum Gasteiger partial charge on any atom is -0.398 e. The van der Waals surface area contributed by atoms with Crippen LogP contribution in [0, 0.1) is 11.3 Å². The molecule has 210 valence electrons. The van der Waals surface area contributed by atoms with E-state index in [1.165, 1.54) is 24.8 Å². The van der Waals surface area contributed by atoms with Crippen LogP contribution >= 0.6 is 0 Å². The normalized spacial score (nSPS) is 23.7. The molecule has 0 bridgehead atoms. The van der Waals surface area contributed by atoms with Gasteiger partial charge in [-0.2, -0.15) is 0 Å². The van der Waals surface area contributed by atoms with E-state index < -0.39 is 0 Å². The van der Waals surface area contributed by atoms with Gasteiger partial charge in [0.05, 0.1) is 25.0 Å². The summed E-state index contributed by atoms with van der Waals surface area (Å²) < 4.78 is 5.59. The minimum atomic E-state index is -0.170. The number of amides is 1. The van der Waals surface area contributed by atoms with Gasteiger partial charge in [0.25, 0.3) is 5.91 Å². The Hall–Kier alpha value is -2.74. The quantitative estimate of drug-likeness (QED) is 0.295. The molecule has 2 aromatic rings. The number of aliphatic hydroxyl groups excluding tert-OH is 1. The van der Waals surface area contributed by atoms with Gasteiger partial charge in [0.2, 0.25) is 0 Å². The molecule has 7 heteroatoms. The summed E-state index contributed by atoms with van der Waals surface area (Å²) in [7, 11) is 0. The van der Waals surface area contributed by atoms with Crippen molar-refractivity contribution < 1.29 is 14.6 Å². The first-order valence-corrected chi connectivity index (χ1v) is 14.8. The lowest BCUT2D eigenvalue weighted by Gasteiger charge is -2.48. The third-order valence-corrected chi connectivity index (χ3v) is 9.15. The molecular formula is C32H44N4O3. The molecule has 1 aliphatic heterocycles. The van der Waals surface area contributed by atoms with Crippen LogP contribution in [0.1, 0.15) is 84.8 Å². The summed E-state index contributed by atoms with van der Waals surface area (Å²) in [6, 6.07) is 13.3. The van der Waals surface area contributed by atoms with E-state index in [1.807, 2.05) is 12.1 Å². The molecule has 0 aromatic heterocycles. The van der Waals surface area contributed by atoms with E-state index in [4.69, 9.17) is 15.9 Å². The summed E-state index contributed by atoms with van der Waals surface area (Å²) in [5.41, 5.74) is 10.2. The van der Waals surface area contributed by atoms with E-state index in [9.17, 15) is 9.90 Å². The van der Waals surface area contributed by atoms with Gasteiger partial charge in [-0.05, 0) is 68.2 Å². The minimum absolute atomic E-state index is 0.00149. The molecule has 3 fully saturated rings. The Kier molecular flexibility index (Phi) is 9.00. The van der Waals surface area contributed by atoms with Crippen LogP contribution in [0.15, 0.2) is 42.5 Å². The highest BCUT2D eigenvalue weighted by Gasteiger charge is 2.39. The predicted octanol–water partition coefficient (Wildman–Crippen LogP) is 4.54. The van der Waals surface area contributed by atoms with Crippen LogP contribution in [-0.4, -0.2) is 66.1 Å². The molecule has 1 saturated heterocycles. The van der Waals surface area contributed by atoms with E-state index in [1.54, 1.807) is 18.2 Å². The molecule has 0 radical (unpaired) electrons. The largest absolute Gasteiger partial charge is 0.398 e. The second-order valence-electron chi connectivity index (χ2n) is 11.8. The number of rotatable bonds is 8. The lowest BCUT2D eigenvalue weighted by atomic mass is 9.79. The first-order valence-electron chi connectivity index (χ1n) is 14.8. The van der Waals surface area contributed by atoms with Crippen molar-refractivity contribution in [2.75, 3.05) is 38.6 Å². The summed E-state index contributed by atoms with van der Waals surface area (Å²) in [6.45, 7) is 3.97. The van der Waals surface area contributed by atoms with Crippen molar-refractivity contribution in [3.63, 3.8) is 0 Å². The van der Waals surface area contributed by atoms with E-state index in [0.29, 0.717) is 35.0 Å². The highest BCUT2D eigenvalue weighted by Crippen LogP contribution is 2.34. The van der Waals surface area contributed by atoms with E-state index >= 15 is 0 Å². The molecule has 39 heavy (non-hydrogen) atoms. The Morgan fingerprint density at radius 3 is 2.46 bits per heavy atom. The molecule has 2 aromatic carbocycles. The average molecular weight is 533 g/mol. The fourth-order valence-electron chi connectivity index (χ4n) is 6.86. The molecule has 5 rings (SSSR count). The first-order chi connectivity index (χ1) is 18.9. The van der Waals surface area contributed by atoms with Crippen molar-refractivity contribution in [2.45, 2.75) is 75.9 Å². The second-order valence-corrected chi connectivity index (χ2v) is 11.8. The van der Waals surface area contributed by atoms with Crippen molar-refractivity contribution in [3.8, 4) is 0 Å². The van der Waals surface area contributed by atoms with Gasteiger partial charge in [0.15, 0.2) is 0 Å². The predicted molar refractivity (Wildman–Crippen MR) is 155 cm³/mol. The molecule has 2 aliphatic carbocycles. The number of ether oxygens (including phenoxy) is 1. The Labute approximate surface area is 232 Å². The summed E-state index contributed by atoms with van der Waals surface area (Å²) in [5, 5.41) is 22.1. The molecule has 3 aliphatic rings. The van der Waals surface area contributed by atoms with Gasteiger partial charge >= 0.3 is 0 Å². The highest BCUT2D eigenvalue weighted by molar-refractivity contribution is 6.14. The number of hydrogen-bond acceptors (Lipinski definition) is 6. The number of morpholine rings is 1. The van der Waals surface area contributed by atoms with Crippen molar-refractivity contribution in [3.05, 3.63) is 64.7 Å². The molecule has 2 saturated carbocycles. The van der Waals surface area contributed by atoms with Gasteiger partial charge in [-0.15, -0.1) is 0 Å². The van der Waals surface area contributed by atoms with Crippen LogP contribution in [0.4, 0.5) is 5.69 Å². The Bertz CT molecular complexity index is 1140. The molecule has 0 spiro atoms. The van der Waals surface area contributed by atoms with E-state index in [2.05, 4.69) is 22.3 Å². The lowest BCUT2D eigenvalue weighted by Crippen LogP contribution is -2.59. The standard InChI is InChI=1S/C32H44N4O3/c33-29-12-11-26(31(38)35-22-32(13-2-1-3-14-32)36-15-17-39-18-16-36)21-28(29)30(34)25-9-7-23(8-10-25)19-24-5-4-6-27(37)20-24/h7-12,21,24,27,34,37H,1-6,13-20,22,33H2,(H,35,38). The van der Waals surface area contributed by atoms with E-state index in [-0.39, 0.29) is 17.6 Å². The average Bonchev–Trinajstić information content (AvgIpc) is 2.97. The number of carbonyl (C=O) groups excluding carboxylic acids is 1.